The number of thiazole rings is 1. The van der Waals surface area contributed by atoms with Crippen molar-refractivity contribution < 1.29 is 9.18 Å². The lowest BCUT2D eigenvalue weighted by Crippen LogP contribution is -2.32. The third-order valence-corrected chi connectivity index (χ3v) is 4.27. The lowest BCUT2D eigenvalue weighted by molar-refractivity contribution is -0.120. The average molecular weight is 330 g/mol. The Morgan fingerprint density at radius 2 is 2.05 bits per heavy atom. The van der Waals surface area contributed by atoms with E-state index in [1.54, 1.807) is 12.1 Å². The molecular formula is C14H17ClFN3OS. The maximum absolute atomic E-state index is 12.9. The van der Waals surface area contributed by atoms with Gasteiger partial charge >= 0.3 is 0 Å². The van der Waals surface area contributed by atoms with Gasteiger partial charge in [-0.2, -0.15) is 0 Å². The number of aromatic nitrogens is 1. The molecule has 1 amide bonds. The van der Waals surface area contributed by atoms with Gasteiger partial charge in [-0.15, -0.1) is 23.7 Å². The topological polar surface area (TPSA) is 68.0 Å². The Balaban J connectivity index is 0.00000220. The summed E-state index contributed by atoms with van der Waals surface area (Å²) in [6.07, 6.45) is 0. The van der Waals surface area contributed by atoms with Crippen LogP contribution in [-0.2, 0) is 4.79 Å². The molecule has 0 fully saturated rings. The molecule has 0 spiro atoms. The second-order valence-corrected chi connectivity index (χ2v) is 5.50. The minimum absolute atomic E-state index is 0. The van der Waals surface area contributed by atoms with Crippen molar-refractivity contribution in [2.45, 2.75) is 19.9 Å². The monoisotopic (exact) mass is 329 g/mol. The van der Waals surface area contributed by atoms with Crippen molar-refractivity contribution in [3.05, 3.63) is 40.7 Å². The first-order valence-corrected chi connectivity index (χ1v) is 7.05. The highest BCUT2D eigenvalue weighted by molar-refractivity contribution is 7.15. The summed E-state index contributed by atoms with van der Waals surface area (Å²) in [5, 5.41) is 3.62. The molecule has 2 rings (SSSR count). The first kappa shape index (κ1) is 17.6. The zero-order valence-electron chi connectivity index (χ0n) is 11.7. The van der Waals surface area contributed by atoms with Crippen LogP contribution in [0.2, 0.25) is 0 Å². The van der Waals surface area contributed by atoms with Crippen LogP contribution >= 0.6 is 23.7 Å². The van der Waals surface area contributed by atoms with Gasteiger partial charge in [0.1, 0.15) is 10.8 Å². The second kappa shape index (κ2) is 7.49. The fourth-order valence-electron chi connectivity index (χ4n) is 1.89. The summed E-state index contributed by atoms with van der Waals surface area (Å²) in [5.41, 5.74) is 7.01. The van der Waals surface area contributed by atoms with Crippen LogP contribution in [0.1, 0.15) is 23.5 Å². The minimum Gasteiger partial charge on any atom is -0.348 e. The molecule has 114 valence electrons. The number of rotatable bonds is 4. The van der Waals surface area contributed by atoms with E-state index in [0.29, 0.717) is 0 Å². The van der Waals surface area contributed by atoms with E-state index in [0.717, 1.165) is 21.1 Å². The SMILES string of the molecule is Cc1nc(-c2ccc(F)cc2)sc1C(C)NC(=O)CN.Cl. The molecule has 0 bridgehead atoms. The van der Waals surface area contributed by atoms with Gasteiger partial charge in [-0.25, -0.2) is 9.37 Å². The molecular weight excluding hydrogens is 313 g/mol. The molecule has 0 radical (unpaired) electrons. The molecule has 1 aromatic heterocycles. The number of aryl methyl sites for hydroxylation is 1. The Morgan fingerprint density at radius 1 is 1.43 bits per heavy atom. The normalized spacial score (nSPS) is 11.6. The quantitative estimate of drug-likeness (QED) is 0.906. The fraction of sp³-hybridized carbons (Fsp3) is 0.286. The Hall–Kier alpha value is -1.50. The molecule has 3 N–H and O–H groups in total. The standard InChI is InChI=1S/C14H16FN3OS.ClH/c1-8(17-12(19)7-16)13-9(2)18-14(20-13)10-3-5-11(15)6-4-10;/h3-6,8H,7,16H2,1-2H3,(H,17,19);1H. The van der Waals surface area contributed by atoms with Gasteiger partial charge < -0.3 is 11.1 Å². The summed E-state index contributed by atoms with van der Waals surface area (Å²) in [5.74, 6) is -0.473. The van der Waals surface area contributed by atoms with Crippen molar-refractivity contribution in [3.63, 3.8) is 0 Å². The van der Waals surface area contributed by atoms with Gasteiger partial charge in [0, 0.05) is 5.56 Å². The zero-order chi connectivity index (χ0) is 14.7. The van der Waals surface area contributed by atoms with E-state index in [-0.39, 0.29) is 36.7 Å². The Kier molecular flexibility index (Phi) is 6.26. The van der Waals surface area contributed by atoms with Gasteiger partial charge in [0.25, 0.3) is 0 Å². The summed E-state index contributed by atoms with van der Waals surface area (Å²) in [6, 6.07) is 6.07. The van der Waals surface area contributed by atoms with E-state index in [1.165, 1.54) is 23.5 Å². The molecule has 1 heterocycles. The molecule has 21 heavy (non-hydrogen) atoms. The minimum atomic E-state index is -0.272. The summed E-state index contributed by atoms with van der Waals surface area (Å²) < 4.78 is 12.9. The summed E-state index contributed by atoms with van der Waals surface area (Å²) in [7, 11) is 0. The maximum atomic E-state index is 12.9. The van der Waals surface area contributed by atoms with Gasteiger partial charge in [-0.3, -0.25) is 4.79 Å². The number of halogens is 2. The van der Waals surface area contributed by atoms with Gasteiger partial charge in [0.05, 0.1) is 23.2 Å². The van der Waals surface area contributed by atoms with Crippen LogP contribution < -0.4 is 11.1 Å². The molecule has 2 aromatic rings. The third-order valence-electron chi connectivity index (χ3n) is 2.88. The number of hydrogen-bond donors (Lipinski definition) is 2. The van der Waals surface area contributed by atoms with Crippen LogP contribution in [0.25, 0.3) is 10.6 Å². The van der Waals surface area contributed by atoms with Gasteiger partial charge in [-0.1, -0.05) is 0 Å². The smallest absolute Gasteiger partial charge is 0.234 e. The number of nitrogens with two attached hydrogens (primary N) is 1. The van der Waals surface area contributed by atoms with E-state index in [9.17, 15) is 9.18 Å². The number of hydrogen-bond acceptors (Lipinski definition) is 4. The van der Waals surface area contributed by atoms with Crippen molar-refractivity contribution >= 4 is 29.7 Å². The molecule has 4 nitrogen and oxygen atoms in total. The van der Waals surface area contributed by atoms with Crippen LogP contribution in [0.3, 0.4) is 0 Å². The number of carbonyl (C=O) groups excluding carboxylic acids is 1. The van der Waals surface area contributed by atoms with Crippen molar-refractivity contribution in [1.82, 2.24) is 10.3 Å². The Morgan fingerprint density at radius 3 is 2.62 bits per heavy atom. The van der Waals surface area contributed by atoms with Crippen LogP contribution in [0.4, 0.5) is 4.39 Å². The number of nitrogens with one attached hydrogen (secondary N) is 1. The molecule has 1 aromatic carbocycles. The van der Waals surface area contributed by atoms with Crippen molar-refractivity contribution in [2.24, 2.45) is 5.73 Å². The Labute approximate surface area is 133 Å². The van der Waals surface area contributed by atoms with E-state index >= 15 is 0 Å². The highest BCUT2D eigenvalue weighted by atomic mass is 35.5. The predicted octanol–water partition coefficient (Wildman–Crippen LogP) is 2.82. The van der Waals surface area contributed by atoms with Gasteiger partial charge in [0.2, 0.25) is 5.91 Å². The van der Waals surface area contributed by atoms with Gasteiger partial charge in [-0.05, 0) is 38.1 Å². The molecule has 0 aliphatic heterocycles. The summed E-state index contributed by atoms with van der Waals surface area (Å²) in [6.45, 7) is 3.75. The second-order valence-electron chi connectivity index (χ2n) is 4.47. The first-order valence-electron chi connectivity index (χ1n) is 6.24. The van der Waals surface area contributed by atoms with Crippen LogP contribution in [0.15, 0.2) is 24.3 Å². The molecule has 1 unspecified atom stereocenters. The molecule has 0 saturated carbocycles. The highest BCUT2D eigenvalue weighted by Gasteiger charge is 2.16. The molecule has 0 aliphatic carbocycles. The van der Waals surface area contributed by atoms with E-state index in [2.05, 4.69) is 10.3 Å². The number of carbonyl (C=O) groups is 1. The number of amides is 1. The van der Waals surface area contributed by atoms with Crippen LogP contribution in [0.5, 0.6) is 0 Å². The molecule has 0 aliphatic rings. The van der Waals surface area contributed by atoms with Crippen LogP contribution in [0, 0.1) is 12.7 Å². The third kappa shape index (κ3) is 4.23. The molecule has 7 heteroatoms. The van der Waals surface area contributed by atoms with Crippen molar-refractivity contribution in [3.8, 4) is 10.6 Å². The lowest BCUT2D eigenvalue weighted by atomic mass is 10.2. The number of benzene rings is 1. The van der Waals surface area contributed by atoms with Crippen molar-refractivity contribution in [1.29, 1.82) is 0 Å². The largest absolute Gasteiger partial charge is 0.348 e. The lowest BCUT2D eigenvalue weighted by Gasteiger charge is -2.11. The fourth-order valence-corrected chi connectivity index (χ4v) is 2.97. The average Bonchev–Trinajstić information content (AvgIpc) is 2.81. The summed E-state index contributed by atoms with van der Waals surface area (Å²) in [4.78, 5) is 16.8. The maximum Gasteiger partial charge on any atom is 0.234 e. The molecule has 1 atom stereocenters. The zero-order valence-corrected chi connectivity index (χ0v) is 13.4. The highest BCUT2D eigenvalue weighted by Crippen LogP contribution is 2.31. The molecule has 0 saturated heterocycles. The van der Waals surface area contributed by atoms with E-state index in [4.69, 9.17) is 5.73 Å². The first-order chi connectivity index (χ1) is 9.51. The van der Waals surface area contributed by atoms with Gasteiger partial charge in [0.15, 0.2) is 0 Å². The Bertz CT molecular complexity index is 615. The van der Waals surface area contributed by atoms with E-state index < -0.39 is 0 Å². The van der Waals surface area contributed by atoms with Crippen LogP contribution in [-0.4, -0.2) is 17.4 Å². The summed E-state index contributed by atoms with van der Waals surface area (Å²) >= 11 is 1.49. The van der Waals surface area contributed by atoms with Crippen molar-refractivity contribution in [2.75, 3.05) is 6.54 Å². The number of nitrogens with zero attached hydrogens (tertiary/aromatic N) is 1. The predicted molar refractivity (Wildman–Crippen MR) is 85.1 cm³/mol. The van der Waals surface area contributed by atoms with E-state index in [1.807, 2.05) is 13.8 Å².